The summed E-state index contributed by atoms with van der Waals surface area (Å²) in [5.41, 5.74) is 2.56. The van der Waals surface area contributed by atoms with Crippen molar-refractivity contribution in [3.63, 3.8) is 0 Å². The first kappa shape index (κ1) is 16.5. The zero-order valence-corrected chi connectivity index (χ0v) is 14.4. The van der Waals surface area contributed by atoms with Crippen molar-refractivity contribution in [1.29, 1.82) is 0 Å². The maximum atomic E-state index is 12.4. The van der Waals surface area contributed by atoms with Gasteiger partial charge in [0.2, 0.25) is 0 Å². The molecule has 24 heavy (non-hydrogen) atoms. The minimum atomic E-state index is 0.0236. The summed E-state index contributed by atoms with van der Waals surface area (Å²) in [7, 11) is 1.95. The van der Waals surface area contributed by atoms with Crippen molar-refractivity contribution in [3.8, 4) is 0 Å². The summed E-state index contributed by atoms with van der Waals surface area (Å²) in [4.78, 5) is 14.3. The fourth-order valence-electron chi connectivity index (χ4n) is 3.34. The van der Waals surface area contributed by atoms with Crippen LogP contribution in [0.4, 0.5) is 4.79 Å². The molecule has 1 fully saturated rings. The van der Waals surface area contributed by atoms with Crippen LogP contribution in [0.1, 0.15) is 35.7 Å². The van der Waals surface area contributed by atoms with Gasteiger partial charge in [0.05, 0.1) is 0 Å². The van der Waals surface area contributed by atoms with Gasteiger partial charge in [-0.25, -0.2) is 4.79 Å². The molecule has 1 aliphatic rings. The highest BCUT2D eigenvalue weighted by atomic mass is 16.2. The lowest BCUT2D eigenvalue weighted by molar-refractivity contribution is 0.178. The second kappa shape index (κ2) is 7.47. The number of carbonyl (C=O) groups is 1. The number of amides is 2. The lowest BCUT2D eigenvalue weighted by atomic mass is 9.97. The van der Waals surface area contributed by atoms with Crippen molar-refractivity contribution in [2.24, 2.45) is 7.05 Å². The molecular formula is C18H25N5O. The van der Waals surface area contributed by atoms with E-state index in [1.54, 1.807) is 6.33 Å². The van der Waals surface area contributed by atoms with Gasteiger partial charge in [0.15, 0.2) is 0 Å². The first-order chi connectivity index (χ1) is 11.6. The molecule has 0 spiro atoms. The molecule has 1 aromatic heterocycles. The highest BCUT2D eigenvalue weighted by molar-refractivity contribution is 5.74. The lowest BCUT2D eigenvalue weighted by Crippen LogP contribution is -2.45. The third-order valence-electron chi connectivity index (χ3n) is 4.75. The predicted molar refractivity (Wildman–Crippen MR) is 92.8 cm³/mol. The second-order valence-corrected chi connectivity index (χ2v) is 6.49. The van der Waals surface area contributed by atoms with E-state index in [-0.39, 0.29) is 11.9 Å². The molecule has 0 saturated carbocycles. The molecule has 3 rings (SSSR count). The van der Waals surface area contributed by atoms with Gasteiger partial charge in [0.1, 0.15) is 12.2 Å². The highest BCUT2D eigenvalue weighted by Crippen LogP contribution is 2.24. The van der Waals surface area contributed by atoms with Crippen LogP contribution < -0.4 is 5.32 Å². The Hall–Kier alpha value is -2.37. The Morgan fingerprint density at radius 2 is 2.21 bits per heavy atom. The maximum absolute atomic E-state index is 12.4. The van der Waals surface area contributed by atoms with Gasteiger partial charge < -0.3 is 14.8 Å². The molecule has 0 unspecified atom stereocenters. The topological polar surface area (TPSA) is 63.1 Å². The molecule has 1 saturated heterocycles. The van der Waals surface area contributed by atoms with E-state index in [4.69, 9.17) is 0 Å². The number of aromatic nitrogens is 3. The number of nitrogens with zero attached hydrogens (tertiary/aromatic N) is 4. The number of hydrogen-bond donors (Lipinski definition) is 1. The Labute approximate surface area is 142 Å². The van der Waals surface area contributed by atoms with Crippen molar-refractivity contribution >= 4 is 6.03 Å². The monoisotopic (exact) mass is 327 g/mol. The molecule has 6 heteroatoms. The summed E-state index contributed by atoms with van der Waals surface area (Å²) in [5.74, 6) is 1.24. The number of nitrogens with one attached hydrogen (secondary N) is 1. The summed E-state index contributed by atoms with van der Waals surface area (Å²) >= 11 is 0. The number of piperidine rings is 1. The summed E-state index contributed by atoms with van der Waals surface area (Å²) in [6.45, 7) is 4.29. The SMILES string of the molecule is Cc1ccccc1CCNC(=O)N1CCC[C@@H](c2nncn2C)C1. The molecule has 1 atom stereocenters. The van der Waals surface area contributed by atoms with Gasteiger partial charge in [-0.3, -0.25) is 0 Å². The number of likely N-dealkylation sites (tertiary alicyclic amines) is 1. The molecule has 1 aliphatic heterocycles. The average molecular weight is 327 g/mol. The van der Waals surface area contributed by atoms with Gasteiger partial charge in [-0.1, -0.05) is 24.3 Å². The van der Waals surface area contributed by atoms with Crippen LogP contribution in [-0.4, -0.2) is 45.3 Å². The van der Waals surface area contributed by atoms with Gasteiger partial charge in [0.25, 0.3) is 0 Å². The molecule has 2 aromatic rings. The zero-order valence-electron chi connectivity index (χ0n) is 14.4. The number of urea groups is 1. The maximum Gasteiger partial charge on any atom is 0.317 e. The zero-order chi connectivity index (χ0) is 16.9. The number of carbonyl (C=O) groups excluding carboxylic acids is 1. The Kier molecular flexibility index (Phi) is 5.13. The fourth-order valence-corrected chi connectivity index (χ4v) is 3.34. The van der Waals surface area contributed by atoms with Crippen molar-refractivity contribution in [2.45, 2.75) is 32.1 Å². The second-order valence-electron chi connectivity index (χ2n) is 6.49. The third-order valence-corrected chi connectivity index (χ3v) is 4.75. The first-order valence-corrected chi connectivity index (χ1v) is 8.56. The quantitative estimate of drug-likeness (QED) is 0.937. The molecular weight excluding hydrogens is 302 g/mol. The number of aryl methyl sites for hydroxylation is 2. The first-order valence-electron chi connectivity index (χ1n) is 8.56. The predicted octanol–water partition coefficient (Wildman–Crippen LogP) is 2.26. The van der Waals surface area contributed by atoms with Crippen LogP contribution >= 0.6 is 0 Å². The van der Waals surface area contributed by atoms with Crippen LogP contribution in [-0.2, 0) is 13.5 Å². The van der Waals surface area contributed by atoms with Gasteiger partial charge >= 0.3 is 6.03 Å². The van der Waals surface area contributed by atoms with Crippen molar-refractivity contribution in [2.75, 3.05) is 19.6 Å². The standard InChI is InChI=1S/C18H25N5O/c1-14-6-3-4-7-15(14)9-10-19-18(24)23-11-5-8-16(12-23)17-21-20-13-22(17)2/h3-4,6-7,13,16H,5,8-12H2,1-2H3,(H,19,24)/t16-/m1/s1. The van der Waals surface area contributed by atoms with Crippen LogP contribution in [0.3, 0.4) is 0 Å². The van der Waals surface area contributed by atoms with Gasteiger partial charge in [-0.2, -0.15) is 0 Å². The number of benzene rings is 1. The van der Waals surface area contributed by atoms with E-state index in [0.717, 1.165) is 31.6 Å². The lowest BCUT2D eigenvalue weighted by Gasteiger charge is -2.32. The molecule has 0 radical (unpaired) electrons. The van der Waals surface area contributed by atoms with Crippen molar-refractivity contribution in [1.82, 2.24) is 25.0 Å². The Balaban J connectivity index is 1.51. The van der Waals surface area contributed by atoms with Crippen LogP contribution in [0.25, 0.3) is 0 Å². The minimum Gasteiger partial charge on any atom is -0.338 e. The molecule has 0 bridgehead atoms. The summed E-state index contributed by atoms with van der Waals surface area (Å²) < 4.78 is 1.95. The average Bonchev–Trinajstić information content (AvgIpc) is 3.03. The Bertz CT molecular complexity index is 696. The van der Waals surface area contributed by atoms with E-state index < -0.39 is 0 Å². The molecule has 128 valence electrons. The largest absolute Gasteiger partial charge is 0.338 e. The molecule has 1 aromatic carbocycles. The van der Waals surface area contributed by atoms with Crippen LogP contribution in [0.2, 0.25) is 0 Å². The summed E-state index contributed by atoms with van der Waals surface area (Å²) in [6.07, 6.45) is 4.64. The van der Waals surface area contributed by atoms with E-state index in [2.05, 4.69) is 34.6 Å². The Morgan fingerprint density at radius 3 is 2.96 bits per heavy atom. The van der Waals surface area contributed by atoms with E-state index in [1.165, 1.54) is 11.1 Å². The van der Waals surface area contributed by atoms with Gasteiger partial charge in [-0.05, 0) is 37.3 Å². The van der Waals surface area contributed by atoms with Gasteiger partial charge in [-0.15, -0.1) is 10.2 Å². The van der Waals surface area contributed by atoms with E-state index >= 15 is 0 Å². The highest BCUT2D eigenvalue weighted by Gasteiger charge is 2.27. The van der Waals surface area contributed by atoms with Crippen molar-refractivity contribution < 1.29 is 4.79 Å². The molecule has 6 nitrogen and oxygen atoms in total. The van der Waals surface area contributed by atoms with E-state index in [9.17, 15) is 4.79 Å². The molecule has 2 amide bonds. The summed E-state index contributed by atoms with van der Waals surface area (Å²) in [6, 6.07) is 8.33. The van der Waals surface area contributed by atoms with E-state index in [1.807, 2.05) is 28.6 Å². The number of hydrogen-bond acceptors (Lipinski definition) is 3. The van der Waals surface area contributed by atoms with E-state index in [0.29, 0.717) is 13.1 Å². The smallest absolute Gasteiger partial charge is 0.317 e. The molecule has 1 N–H and O–H groups in total. The molecule has 0 aliphatic carbocycles. The third kappa shape index (κ3) is 3.75. The fraction of sp³-hybridized carbons (Fsp3) is 0.500. The van der Waals surface area contributed by atoms with Crippen LogP contribution in [0, 0.1) is 6.92 Å². The van der Waals surface area contributed by atoms with Crippen LogP contribution in [0.5, 0.6) is 0 Å². The van der Waals surface area contributed by atoms with Crippen LogP contribution in [0.15, 0.2) is 30.6 Å². The Morgan fingerprint density at radius 1 is 1.38 bits per heavy atom. The number of rotatable bonds is 4. The molecule has 2 heterocycles. The van der Waals surface area contributed by atoms with Crippen molar-refractivity contribution in [3.05, 3.63) is 47.5 Å². The normalized spacial score (nSPS) is 17.8. The van der Waals surface area contributed by atoms with Gasteiger partial charge in [0, 0.05) is 32.6 Å². The summed E-state index contributed by atoms with van der Waals surface area (Å²) in [5, 5.41) is 11.2. The minimum absolute atomic E-state index is 0.0236.